The van der Waals surface area contributed by atoms with Gasteiger partial charge >= 0.3 is 0 Å². The first kappa shape index (κ1) is 15.4. The lowest BCUT2D eigenvalue weighted by atomic mass is 10.1. The highest BCUT2D eigenvalue weighted by Gasteiger charge is 2.21. The quantitative estimate of drug-likeness (QED) is 0.911. The van der Waals surface area contributed by atoms with Crippen LogP contribution in [0.4, 0.5) is 4.39 Å². The van der Waals surface area contributed by atoms with Crippen LogP contribution in [0.15, 0.2) is 22.7 Å². The molecule has 3 nitrogen and oxygen atoms in total. The Morgan fingerprint density at radius 3 is 2.75 bits per heavy atom. The second-order valence-corrected chi connectivity index (χ2v) is 6.08. The Morgan fingerprint density at radius 1 is 1.40 bits per heavy atom. The predicted octanol–water partition coefficient (Wildman–Crippen LogP) is 3.08. The van der Waals surface area contributed by atoms with Crippen molar-refractivity contribution in [3.63, 3.8) is 0 Å². The standard InChI is InChI=1S/C15H20BrFN2O/c1-11(15(20)19-7-3-2-4-8-19)18-10-12-5-6-13(17)9-14(12)16/h5-6,9,11,18H,2-4,7-8,10H2,1H3. The number of piperidine rings is 1. The molecule has 1 heterocycles. The molecule has 1 aliphatic heterocycles. The highest BCUT2D eigenvalue weighted by molar-refractivity contribution is 9.10. The van der Waals surface area contributed by atoms with Crippen LogP contribution in [0, 0.1) is 5.82 Å². The molecular formula is C15H20BrFN2O. The number of carbonyl (C=O) groups is 1. The van der Waals surface area contributed by atoms with Crippen LogP contribution in [0.1, 0.15) is 31.7 Å². The van der Waals surface area contributed by atoms with E-state index in [1.54, 1.807) is 6.07 Å². The molecular weight excluding hydrogens is 323 g/mol. The van der Waals surface area contributed by atoms with Gasteiger partial charge in [-0.05, 0) is 43.9 Å². The van der Waals surface area contributed by atoms with Crippen LogP contribution in [0.2, 0.25) is 0 Å². The van der Waals surface area contributed by atoms with Gasteiger partial charge in [0.05, 0.1) is 6.04 Å². The van der Waals surface area contributed by atoms with Gasteiger partial charge < -0.3 is 10.2 Å². The molecule has 0 spiro atoms. The van der Waals surface area contributed by atoms with E-state index in [2.05, 4.69) is 21.2 Å². The van der Waals surface area contributed by atoms with Crippen molar-refractivity contribution in [2.24, 2.45) is 0 Å². The topological polar surface area (TPSA) is 32.3 Å². The summed E-state index contributed by atoms with van der Waals surface area (Å²) in [6, 6.07) is 4.38. The minimum absolute atomic E-state index is 0.155. The predicted molar refractivity (Wildman–Crippen MR) is 80.8 cm³/mol. The van der Waals surface area contributed by atoms with Crippen LogP contribution < -0.4 is 5.32 Å². The molecule has 0 aliphatic carbocycles. The van der Waals surface area contributed by atoms with E-state index in [9.17, 15) is 9.18 Å². The number of halogens is 2. The summed E-state index contributed by atoms with van der Waals surface area (Å²) in [5.74, 6) is -0.110. The smallest absolute Gasteiger partial charge is 0.239 e. The van der Waals surface area contributed by atoms with Gasteiger partial charge in [0.2, 0.25) is 5.91 Å². The number of hydrogen-bond acceptors (Lipinski definition) is 2. The third kappa shape index (κ3) is 4.03. The van der Waals surface area contributed by atoms with E-state index in [1.165, 1.54) is 18.6 Å². The van der Waals surface area contributed by atoms with Crippen molar-refractivity contribution in [3.05, 3.63) is 34.1 Å². The number of benzene rings is 1. The first-order valence-corrected chi connectivity index (χ1v) is 7.83. The van der Waals surface area contributed by atoms with Gasteiger partial charge in [-0.3, -0.25) is 4.79 Å². The van der Waals surface area contributed by atoms with Crippen LogP contribution in [-0.4, -0.2) is 29.9 Å². The van der Waals surface area contributed by atoms with Gasteiger partial charge in [0.25, 0.3) is 0 Å². The number of carbonyl (C=O) groups excluding carboxylic acids is 1. The van der Waals surface area contributed by atoms with Crippen molar-refractivity contribution in [2.45, 2.75) is 38.8 Å². The summed E-state index contributed by atoms with van der Waals surface area (Å²) >= 11 is 3.34. The largest absolute Gasteiger partial charge is 0.341 e. The van der Waals surface area contributed by atoms with Crippen LogP contribution in [-0.2, 0) is 11.3 Å². The van der Waals surface area contributed by atoms with Gasteiger partial charge in [0.1, 0.15) is 5.82 Å². The van der Waals surface area contributed by atoms with Crippen LogP contribution >= 0.6 is 15.9 Å². The van der Waals surface area contributed by atoms with Crippen molar-refractivity contribution in [2.75, 3.05) is 13.1 Å². The maximum Gasteiger partial charge on any atom is 0.239 e. The highest BCUT2D eigenvalue weighted by atomic mass is 79.9. The number of likely N-dealkylation sites (tertiary alicyclic amines) is 1. The summed E-state index contributed by atoms with van der Waals surface area (Å²) in [6.45, 7) is 4.16. The first-order valence-electron chi connectivity index (χ1n) is 7.04. The Kier molecular flexibility index (Phi) is 5.54. The molecule has 1 N–H and O–H groups in total. The summed E-state index contributed by atoms with van der Waals surface area (Å²) in [5.41, 5.74) is 0.949. The van der Waals surface area contributed by atoms with Gasteiger partial charge in [0.15, 0.2) is 0 Å². The van der Waals surface area contributed by atoms with Crippen molar-refractivity contribution in [3.8, 4) is 0 Å². The third-order valence-corrected chi connectivity index (χ3v) is 4.39. The molecule has 1 atom stereocenters. The molecule has 0 radical (unpaired) electrons. The fourth-order valence-electron chi connectivity index (χ4n) is 2.40. The molecule has 1 fully saturated rings. The van der Waals surface area contributed by atoms with E-state index in [0.29, 0.717) is 6.54 Å². The number of nitrogens with zero attached hydrogens (tertiary/aromatic N) is 1. The van der Waals surface area contributed by atoms with Crippen molar-refractivity contribution in [1.29, 1.82) is 0 Å². The van der Waals surface area contributed by atoms with E-state index in [4.69, 9.17) is 0 Å². The van der Waals surface area contributed by atoms with E-state index in [-0.39, 0.29) is 17.8 Å². The lowest BCUT2D eigenvalue weighted by Gasteiger charge is -2.29. The third-order valence-electron chi connectivity index (χ3n) is 3.65. The van der Waals surface area contributed by atoms with E-state index in [1.807, 2.05) is 11.8 Å². The lowest BCUT2D eigenvalue weighted by molar-refractivity contribution is -0.133. The summed E-state index contributed by atoms with van der Waals surface area (Å²) in [4.78, 5) is 14.2. The van der Waals surface area contributed by atoms with Crippen LogP contribution in [0.5, 0.6) is 0 Å². The second kappa shape index (κ2) is 7.18. The number of nitrogens with one attached hydrogen (secondary N) is 1. The molecule has 110 valence electrons. The molecule has 0 aromatic heterocycles. The molecule has 0 bridgehead atoms. The Hall–Kier alpha value is -0.940. The molecule has 1 amide bonds. The van der Waals surface area contributed by atoms with Gasteiger partial charge in [-0.25, -0.2) is 4.39 Å². The van der Waals surface area contributed by atoms with Gasteiger partial charge in [-0.2, -0.15) is 0 Å². The Morgan fingerprint density at radius 2 is 2.10 bits per heavy atom. The Labute approximate surface area is 127 Å². The number of amides is 1. The van der Waals surface area contributed by atoms with Crippen LogP contribution in [0.3, 0.4) is 0 Å². The highest BCUT2D eigenvalue weighted by Crippen LogP contribution is 2.18. The van der Waals surface area contributed by atoms with Crippen molar-refractivity contribution < 1.29 is 9.18 Å². The van der Waals surface area contributed by atoms with E-state index >= 15 is 0 Å². The molecule has 1 aromatic carbocycles. The van der Waals surface area contributed by atoms with Crippen molar-refractivity contribution >= 4 is 21.8 Å². The zero-order chi connectivity index (χ0) is 14.5. The van der Waals surface area contributed by atoms with E-state index < -0.39 is 0 Å². The molecule has 1 saturated heterocycles. The fourth-order valence-corrected chi connectivity index (χ4v) is 2.89. The minimum Gasteiger partial charge on any atom is -0.341 e. The maximum absolute atomic E-state index is 13.0. The summed E-state index contributed by atoms with van der Waals surface area (Å²) in [7, 11) is 0. The fraction of sp³-hybridized carbons (Fsp3) is 0.533. The summed E-state index contributed by atoms with van der Waals surface area (Å²) < 4.78 is 13.7. The van der Waals surface area contributed by atoms with E-state index in [0.717, 1.165) is 36.0 Å². The maximum atomic E-state index is 13.0. The number of hydrogen-bond donors (Lipinski definition) is 1. The zero-order valence-electron chi connectivity index (χ0n) is 11.7. The monoisotopic (exact) mass is 342 g/mol. The van der Waals surface area contributed by atoms with Gasteiger partial charge in [0, 0.05) is 24.1 Å². The Balaban J connectivity index is 1.87. The molecule has 1 aliphatic rings. The second-order valence-electron chi connectivity index (χ2n) is 5.22. The molecule has 5 heteroatoms. The summed E-state index contributed by atoms with van der Waals surface area (Å²) in [5, 5.41) is 3.21. The minimum atomic E-state index is -0.266. The molecule has 1 aromatic rings. The van der Waals surface area contributed by atoms with Gasteiger partial charge in [-0.15, -0.1) is 0 Å². The molecule has 0 saturated carbocycles. The average molecular weight is 343 g/mol. The molecule has 20 heavy (non-hydrogen) atoms. The van der Waals surface area contributed by atoms with Crippen LogP contribution in [0.25, 0.3) is 0 Å². The van der Waals surface area contributed by atoms with Gasteiger partial charge in [-0.1, -0.05) is 22.0 Å². The normalized spacial score (nSPS) is 17.1. The first-order chi connectivity index (χ1) is 9.58. The molecule has 2 rings (SSSR count). The Bertz CT molecular complexity index is 475. The molecule has 1 unspecified atom stereocenters. The zero-order valence-corrected chi connectivity index (χ0v) is 13.2. The average Bonchev–Trinajstić information content (AvgIpc) is 2.46. The lowest BCUT2D eigenvalue weighted by Crippen LogP contribution is -2.46. The van der Waals surface area contributed by atoms with Crippen molar-refractivity contribution in [1.82, 2.24) is 10.2 Å². The summed E-state index contributed by atoms with van der Waals surface area (Å²) in [6.07, 6.45) is 3.41. The number of rotatable bonds is 4. The SMILES string of the molecule is CC(NCc1ccc(F)cc1Br)C(=O)N1CCCCC1.